The minimum atomic E-state index is -0.542. The molecule has 1 unspecified atom stereocenters. The van der Waals surface area contributed by atoms with Gasteiger partial charge in [0.2, 0.25) is 5.91 Å². The predicted octanol–water partition coefficient (Wildman–Crippen LogP) is 1.47. The molecule has 0 aliphatic rings. The third-order valence-electron chi connectivity index (χ3n) is 3.22. The number of aliphatic hydroxyl groups excluding tert-OH is 1. The molecule has 0 spiro atoms. The fourth-order valence-electron chi connectivity index (χ4n) is 2.29. The molecule has 20 heavy (non-hydrogen) atoms. The van der Waals surface area contributed by atoms with Crippen molar-refractivity contribution in [1.29, 1.82) is 0 Å². The topological polar surface area (TPSA) is 75.3 Å². The van der Waals surface area contributed by atoms with E-state index in [9.17, 15) is 9.90 Å². The number of hydrogen-bond acceptors (Lipinski definition) is 3. The summed E-state index contributed by atoms with van der Waals surface area (Å²) in [5.74, 6) is -0.146. The summed E-state index contributed by atoms with van der Waals surface area (Å²) in [4.78, 5) is 12.0. The SMILES string of the molecule is CC(O)CC(C)(C)CNC(=O)[C@@H](N)Cc1ccccc1. The minimum Gasteiger partial charge on any atom is -0.393 e. The van der Waals surface area contributed by atoms with Crippen molar-refractivity contribution in [3.63, 3.8) is 0 Å². The molecule has 112 valence electrons. The number of nitrogens with two attached hydrogens (primary N) is 1. The molecule has 0 radical (unpaired) electrons. The van der Waals surface area contributed by atoms with Gasteiger partial charge < -0.3 is 16.2 Å². The lowest BCUT2D eigenvalue weighted by Crippen LogP contribution is -2.45. The van der Waals surface area contributed by atoms with E-state index in [0.29, 0.717) is 19.4 Å². The summed E-state index contributed by atoms with van der Waals surface area (Å²) in [5.41, 5.74) is 6.83. The number of hydrogen-bond donors (Lipinski definition) is 3. The Bertz CT molecular complexity index is 416. The molecular formula is C16H26N2O2. The fraction of sp³-hybridized carbons (Fsp3) is 0.562. The van der Waals surface area contributed by atoms with E-state index in [4.69, 9.17) is 5.73 Å². The normalized spacial score (nSPS) is 14.7. The Kier molecular flexibility index (Phi) is 6.17. The van der Waals surface area contributed by atoms with Gasteiger partial charge in [0.05, 0.1) is 12.1 Å². The van der Waals surface area contributed by atoms with E-state index in [1.165, 1.54) is 0 Å². The highest BCUT2D eigenvalue weighted by Crippen LogP contribution is 2.21. The van der Waals surface area contributed by atoms with Crippen LogP contribution in [0.2, 0.25) is 0 Å². The average molecular weight is 278 g/mol. The van der Waals surface area contributed by atoms with Crippen LogP contribution < -0.4 is 11.1 Å². The molecule has 0 saturated carbocycles. The zero-order chi connectivity index (χ0) is 15.2. The highest BCUT2D eigenvalue weighted by atomic mass is 16.3. The fourth-order valence-corrected chi connectivity index (χ4v) is 2.29. The van der Waals surface area contributed by atoms with Crippen molar-refractivity contribution in [3.8, 4) is 0 Å². The number of rotatable bonds is 7. The van der Waals surface area contributed by atoms with E-state index >= 15 is 0 Å². The number of carbonyl (C=O) groups is 1. The Balaban J connectivity index is 2.42. The first-order valence-electron chi connectivity index (χ1n) is 7.05. The molecular weight excluding hydrogens is 252 g/mol. The number of carbonyl (C=O) groups excluding carboxylic acids is 1. The maximum absolute atomic E-state index is 12.0. The maximum atomic E-state index is 12.0. The van der Waals surface area contributed by atoms with Gasteiger partial charge in [-0.15, -0.1) is 0 Å². The zero-order valence-electron chi connectivity index (χ0n) is 12.6. The van der Waals surface area contributed by atoms with Crippen LogP contribution in [0, 0.1) is 5.41 Å². The van der Waals surface area contributed by atoms with Gasteiger partial charge in [0, 0.05) is 6.54 Å². The molecule has 1 amide bonds. The minimum absolute atomic E-state index is 0.143. The van der Waals surface area contributed by atoms with Gasteiger partial charge in [-0.3, -0.25) is 4.79 Å². The summed E-state index contributed by atoms with van der Waals surface area (Å²) < 4.78 is 0. The highest BCUT2D eigenvalue weighted by Gasteiger charge is 2.22. The number of amides is 1. The van der Waals surface area contributed by atoms with Crippen LogP contribution in [0.3, 0.4) is 0 Å². The quantitative estimate of drug-likeness (QED) is 0.707. The van der Waals surface area contributed by atoms with Gasteiger partial charge in [-0.05, 0) is 30.7 Å². The molecule has 0 bridgehead atoms. The molecule has 0 fully saturated rings. The van der Waals surface area contributed by atoms with E-state index in [2.05, 4.69) is 5.32 Å². The third kappa shape index (κ3) is 6.17. The molecule has 0 aromatic heterocycles. The van der Waals surface area contributed by atoms with E-state index < -0.39 is 6.04 Å². The first-order chi connectivity index (χ1) is 9.30. The van der Waals surface area contributed by atoms with Crippen LogP contribution in [0.1, 0.15) is 32.8 Å². The van der Waals surface area contributed by atoms with E-state index in [1.807, 2.05) is 44.2 Å². The predicted molar refractivity (Wildman–Crippen MR) is 81.2 cm³/mol. The van der Waals surface area contributed by atoms with Crippen LogP contribution in [-0.4, -0.2) is 29.7 Å². The van der Waals surface area contributed by atoms with Crippen molar-refractivity contribution in [2.45, 2.75) is 45.8 Å². The van der Waals surface area contributed by atoms with Gasteiger partial charge in [-0.1, -0.05) is 44.2 Å². The molecule has 4 heteroatoms. The molecule has 0 aliphatic carbocycles. The Morgan fingerprint density at radius 1 is 1.35 bits per heavy atom. The third-order valence-corrected chi connectivity index (χ3v) is 3.22. The molecule has 1 rings (SSSR count). The van der Waals surface area contributed by atoms with Crippen molar-refractivity contribution >= 4 is 5.91 Å². The van der Waals surface area contributed by atoms with Gasteiger partial charge in [0.1, 0.15) is 0 Å². The Morgan fingerprint density at radius 3 is 2.50 bits per heavy atom. The Labute approximate surface area is 121 Å². The van der Waals surface area contributed by atoms with Crippen LogP contribution in [-0.2, 0) is 11.2 Å². The summed E-state index contributed by atoms with van der Waals surface area (Å²) in [6.07, 6.45) is 0.796. The first-order valence-corrected chi connectivity index (χ1v) is 7.05. The standard InChI is InChI=1S/C16H26N2O2/c1-12(19)10-16(2,3)11-18-15(20)14(17)9-13-7-5-4-6-8-13/h4-8,12,14,19H,9-11,17H2,1-3H3,(H,18,20)/t12?,14-/m0/s1. The Hall–Kier alpha value is -1.39. The second-order valence-electron chi connectivity index (χ2n) is 6.23. The molecule has 0 saturated heterocycles. The first kappa shape index (κ1) is 16.7. The summed E-state index contributed by atoms with van der Waals surface area (Å²) in [7, 11) is 0. The van der Waals surface area contributed by atoms with Crippen molar-refractivity contribution in [3.05, 3.63) is 35.9 Å². The monoisotopic (exact) mass is 278 g/mol. The number of nitrogens with one attached hydrogen (secondary N) is 1. The lowest BCUT2D eigenvalue weighted by molar-refractivity contribution is -0.122. The smallest absolute Gasteiger partial charge is 0.237 e. The second-order valence-corrected chi connectivity index (χ2v) is 6.23. The van der Waals surface area contributed by atoms with Gasteiger partial charge in [-0.2, -0.15) is 0 Å². The van der Waals surface area contributed by atoms with Crippen molar-refractivity contribution < 1.29 is 9.90 Å². The average Bonchev–Trinajstić information content (AvgIpc) is 2.35. The second kappa shape index (κ2) is 7.41. The van der Waals surface area contributed by atoms with Crippen molar-refractivity contribution in [1.82, 2.24) is 5.32 Å². The largest absolute Gasteiger partial charge is 0.393 e. The molecule has 1 aromatic rings. The molecule has 2 atom stereocenters. The zero-order valence-corrected chi connectivity index (χ0v) is 12.6. The summed E-state index contributed by atoms with van der Waals surface area (Å²) >= 11 is 0. The number of aliphatic hydroxyl groups is 1. The molecule has 4 nitrogen and oxygen atoms in total. The molecule has 4 N–H and O–H groups in total. The van der Waals surface area contributed by atoms with Crippen LogP contribution in [0.25, 0.3) is 0 Å². The molecule has 1 aromatic carbocycles. The van der Waals surface area contributed by atoms with E-state index in [-0.39, 0.29) is 17.4 Å². The van der Waals surface area contributed by atoms with E-state index in [0.717, 1.165) is 5.56 Å². The molecule has 0 heterocycles. The Morgan fingerprint density at radius 2 is 1.95 bits per heavy atom. The summed E-state index contributed by atoms with van der Waals surface area (Å²) in [5, 5.41) is 12.3. The van der Waals surface area contributed by atoms with E-state index in [1.54, 1.807) is 6.92 Å². The summed E-state index contributed by atoms with van der Waals surface area (Å²) in [6, 6.07) is 9.19. The highest BCUT2D eigenvalue weighted by molar-refractivity contribution is 5.81. The van der Waals surface area contributed by atoms with Crippen molar-refractivity contribution in [2.75, 3.05) is 6.54 Å². The number of benzene rings is 1. The van der Waals surface area contributed by atoms with Gasteiger partial charge in [0.15, 0.2) is 0 Å². The summed E-state index contributed by atoms with van der Waals surface area (Å²) in [6.45, 7) is 6.30. The molecule has 0 aliphatic heterocycles. The van der Waals surface area contributed by atoms with Gasteiger partial charge in [0.25, 0.3) is 0 Å². The van der Waals surface area contributed by atoms with Crippen LogP contribution in [0.5, 0.6) is 0 Å². The van der Waals surface area contributed by atoms with Crippen LogP contribution in [0.4, 0.5) is 0 Å². The lowest BCUT2D eigenvalue weighted by Gasteiger charge is -2.27. The lowest BCUT2D eigenvalue weighted by atomic mass is 9.87. The van der Waals surface area contributed by atoms with Crippen LogP contribution in [0.15, 0.2) is 30.3 Å². The maximum Gasteiger partial charge on any atom is 0.237 e. The van der Waals surface area contributed by atoms with Gasteiger partial charge >= 0.3 is 0 Å². The van der Waals surface area contributed by atoms with Gasteiger partial charge in [-0.25, -0.2) is 0 Å². The van der Waals surface area contributed by atoms with Crippen molar-refractivity contribution in [2.24, 2.45) is 11.1 Å². The van der Waals surface area contributed by atoms with Crippen LogP contribution >= 0.6 is 0 Å².